The van der Waals surface area contributed by atoms with E-state index in [1.54, 1.807) is 29.9 Å². The van der Waals surface area contributed by atoms with Crippen molar-refractivity contribution in [3.05, 3.63) is 72.5 Å². The Hall–Kier alpha value is -4.30. The lowest BCUT2D eigenvalue weighted by atomic mass is 10.1. The molecule has 6 rings (SSSR count). The van der Waals surface area contributed by atoms with Gasteiger partial charge in [0.2, 0.25) is 5.91 Å². The summed E-state index contributed by atoms with van der Waals surface area (Å²) < 4.78 is 0. The molecule has 0 spiro atoms. The fraction of sp³-hybridized carbons (Fsp3) is 0.111. The Bertz CT molecular complexity index is 1680. The maximum atomic E-state index is 12.1. The normalized spacial score (nSPS) is 11.5. The van der Waals surface area contributed by atoms with Gasteiger partial charge in [0.05, 0.1) is 23.3 Å². The SMILES string of the molecule is CC(C)C(=O)Nc1cncc(-c2cnc3n[nH]c(-c4cc5c(-c6cccs6)cccc5[nH]4)c3c2)c1. The highest BCUT2D eigenvalue weighted by Gasteiger charge is 2.15. The van der Waals surface area contributed by atoms with Crippen molar-refractivity contribution in [1.82, 2.24) is 25.1 Å². The number of aromatic amines is 2. The summed E-state index contributed by atoms with van der Waals surface area (Å²) in [5.41, 5.74) is 7.14. The van der Waals surface area contributed by atoms with Gasteiger partial charge in [-0.15, -0.1) is 11.3 Å². The van der Waals surface area contributed by atoms with Crippen LogP contribution in [0.4, 0.5) is 5.69 Å². The molecule has 0 bridgehead atoms. The lowest BCUT2D eigenvalue weighted by molar-refractivity contribution is -0.118. The van der Waals surface area contributed by atoms with Crippen molar-refractivity contribution in [2.24, 2.45) is 5.92 Å². The van der Waals surface area contributed by atoms with Crippen LogP contribution in [0.25, 0.3) is 54.9 Å². The molecule has 0 unspecified atom stereocenters. The number of nitrogens with zero attached hydrogens (tertiary/aromatic N) is 3. The Labute approximate surface area is 205 Å². The van der Waals surface area contributed by atoms with E-state index in [1.807, 2.05) is 19.9 Å². The van der Waals surface area contributed by atoms with Crippen LogP contribution in [0.3, 0.4) is 0 Å². The van der Waals surface area contributed by atoms with E-state index in [1.165, 1.54) is 10.4 Å². The lowest BCUT2D eigenvalue weighted by Gasteiger charge is -2.09. The van der Waals surface area contributed by atoms with Gasteiger partial charge in [0.15, 0.2) is 5.65 Å². The number of pyridine rings is 2. The second-order valence-electron chi connectivity index (χ2n) is 8.73. The lowest BCUT2D eigenvalue weighted by Crippen LogP contribution is -2.17. The number of carbonyl (C=O) groups is 1. The third-order valence-electron chi connectivity index (χ3n) is 5.99. The predicted molar refractivity (Wildman–Crippen MR) is 141 cm³/mol. The van der Waals surface area contributed by atoms with Crippen molar-refractivity contribution in [3.63, 3.8) is 0 Å². The zero-order chi connectivity index (χ0) is 23.9. The number of aromatic nitrogens is 5. The molecule has 8 heteroatoms. The minimum atomic E-state index is -0.109. The van der Waals surface area contributed by atoms with E-state index < -0.39 is 0 Å². The van der Waals surface area contributed by atoms with Crippen LogP contribution in [-0.4, -0.2) is 31.1 Å². The number of rotatable bonds is 5. The number of carbonyl (C=O) groups excluding carboxylic acids is 1. The summed E-state index contributed by atoms with van der Waals surface area (Å²) in [6, 6.07) is 16.6. The molecule has 6 aromatic rings. The van der Waals surface area contributed by atoms with E-state index in [0.29, 0.717) is 11.3 Å². The number of amides is 1. The molecule has 1 aromatic carbocycles. The monoisotopic (exact) mass is 478 g/mol. The van der Waals surface area contributed by atoms with Gasteiger partial charge in [0.1, 0.15) is 0 Å². The maximum absolute atomic E-state index is 12.1. The molecule has 5 aromatic heterocycles. The molecular weight excluding hydrogens is 456 g/mol. The molecule has 0 aliphatic rings. The first-order valence-electron chi connectivity index (χ1n) is 11.3. The summed E-state index contributed by atoms with van der Waals surface area (Å²) >= 11 is 1.73. The number of H-pyrrole nitrogens is 2. The average molecular weight is 479 g/mol. The van der Waals surface area contributed by atoms with Crippen molar-refractivity contribution < 1.29 is 4.79 Å². The van der Waals surface area contributed by atoms with Crippen molar-refractivity contribution in [2.75, 3.05) is 5.32 Å². The summed E-state index contributed by atoms with van der Waals surface area (Å²) in [4.78, 5) is 25.8. The van der Waals surface area contributed by atoms with E-state index in [4.69, 9.17) is 0 Å². The van der Waals surface area contributed by atoms with Gasteiger partial charge < -0.3 is 10.3 Å². The third kappa shape index (κ3) is 3.87. The van der Waals surface area contributed by atoms with Gasteiger partial charge in [0.25, 0.3) is 0 Å². The number of hydrogen-bond acceptors (Lipinski definition) is 5. The Morgan fingerprint density at radius 2 is 1.89 bits per heavy atom. The second kappa shape index (κ2) is 8.48. The number of hydrogen-bond donors (Lipinski definition) is 3. The zero-order valence-electron chi connectivity index (χ0n) is 19.2. The first kappa shape index (κ1) is 21.2. The largest absolute Gasteiger partial charge is 0.353 e. The summed E-state index contributed by atoms with van der Waals surface area (Å²) in [7, 11) is 0. The Kier molecular flexibility index (Phi) is 5.15. The molecule has 35 heavy (non-hydrogen) atoms. The van der Waals surface area contributed by atoms with Crippen molar-refractivity contribution in [1.29, 1.82) is 0 Å². The maximum Gasteiger partial charge on any atom is 0.226 e. The van der Waals surface area contributed by atoms with Crippen LogP contribution in [0.1, 0.15) is 13.8 Å². The standard InChI is InChI=1S/C27H22N6OS/c1-15(2)27(34)30-18-9-16(12-28-14-18)17-10-21-25(32-33-26(21)29-13-17)23-11-20-19(24-7-4-8-35-24)5-3-6-22(20)31-23/h3-15,31H,1-2H3,(H,30,34)(H,29,32,33). The van der Waals surface area contributed by atoms with Crippen LogP contribution in [0.15, 0.2) is 72.5 Å². The molecule has 0 fully saturated rings. The molecule has 0 aliphatic heterocycles. The molecule has 5 heterocycles. The molecule has 1 amide bonds. The molecule has 0 saturated carbocycles. The third-order valence-corrected chi connectivity index (χ3v) is 6.90. The molecule has 0 atom stereocenters. The van der Waals surface area contributed by atoms with E-state index >= 15 is 0 Å². The zero-order valence-corrected chi connectivity index (χ0v) is 20.0. The van der Waals surface area contributed by atoms with Crippen LogP contribution >= 0.6 is 11.3 Å². The minimum absolute atomic E-state index is 0.0459. The molecule has 0 saturated heterocycles. The van der Waals surface area contributed by atoms with Crippen molar-refractivity contribution in [2.45, 2.75) is 13.8 Å². The van der Waals surface area contributed by atoms with Crippen LogP contribution < -0.4 is 5.32 Å². The first-order valence-corrected chi connectivity index (χ1v) is 12.2. The number of benzene rings is 1. The number of anilines is 1. The highest BCUT2D eigenvalue weighted by atomic mass is 32.1. The van der Waals surface area contributed by atoms with Crippen molar-refractivity contribution in [3.8, 4) is 33.0 Å². The van der Waals surface area contributed by atoms with Crippen LogP contribution in [0, 0.1) is 5.92 Å². The molecule has 172 valence electrons. The smallest absolute Gasteiger partial charge is 0.226 e. The molecular formula is C27H22N6OS. The van der Waals surface area contributed by atoms with Gasteiger partial charge in [-0.3, -0.25) is 14.9 Å². The van der Waals surface area contributed by atoms with Crippen LogP contribution in [0.2, 0.25) is 0 Å². The number of fused-ring (bicyclic) bond motifs is 2. The number of thiophene rings is 1. The van der Waals surface area contributed by atoms with Crippen LogP contribution in [-0.2, 0) is 4.79 Å². The van der Waals surface area contributed by atoms with Gasteiger partial charge in [-0.25, -0.2) is 4.98 Å². The molecule has 7 nitrogen and oxygen atoms in total. The topological polar surface area (TPSA) is 99.3 Å². The summed E-state index contributed by atoms with van der Waals surface area (Å²) in [6.45, 7) is 3.72. The van der Waals surface area contributed by atoms with E-state index in [0.717, 1.165) is 38.8 Å². The Morgan fingerprint density at radius 3 is 2.71 bits per heavy atom. The van der Waals surface area contributed by atoms with Gasteiger partial charge in [-0.2, -0.15) is 5.10 Å². The van der Waals surface area contributed by atoms with Gasteiger partial charge in [-0.05, 0) is 35.7 Å². The molecule has 3 N–H and O–H groups in total. The predicted octanol–water partition coefficient (Wildman–Crippen LogP) is 6.49. The van der Waals surface area contributed by atoms with E-state index in [-0.39, 0.29) is 11.8 Å². The van der Waals surface area contributed by atoms with Crippen LogP contribution in [0.5, 0.6) is 0 Å². The summed E-state index contributed by atoms with van der Waals surface area (Å²) in [5, 5.41) is 14.7. The van der Waals surface area contributed by atoms with Gasteiger partial charge in [-0.1, -0.05) is 32.0 Å². The Balaban J connectivity index is 1.41. The fourth-order valence-electron chi connectivity index (χ4n) is 4.15. The average Bonchev–Trinajstić information content (AvgIpc) is 3.62. The fourth-order valence-corrected chi connectivity index (χ4v) is 4.92. The number of nitrogens with one attached hydrogen (secondary N) is 3. The van der Waals surface area contributed by atoms with E-state index in [9.17, 15) is 4.79 Å². The Morgan fingerprint density at radius 1 is 1.00 bits per heavy atom. The molecule has 0 aliphatic carbocycles. The first-order chi connectivity index (χ1) is 17.1. The minimum Gasteiger partial charge on any atom is -0.353 e. The molecule has 0 radical (unpaired) electrons. The highest BCUT2D eigenvalue weighted by molar-refractivity contribution is 7.13. The van der Waals surface area contributed by atoms with Crippen molar-refractivity contribution >= 4 is 44.9 Å². The summed E-state index contributed by atoms with van der Waals surface area (Å²) in [6.07, 6.45) is 5.19. The highest BCUT2D eigenvalue weighted by Crippen LogP contribution is 2.36. The summed E-state index contributed by atoms with van der Waals surface area (Å²) in [5.74, 6) is -0.155. The van der Waals surface area contributed by atoms with Gasteiger partial charge in [0, 0.05) is 56.2 Å². The van der Waals surface area contributed by atoms with E-state index in [2.05, 4.69) is 78.3 Å². The quantitative estimate of drug-likeness (QED) is 0.264. The second-order valence-corrected chi connectivity index (χ2v) is 9.67. The van der Waals surface area contributed by atoms with Gasteiger partial charge >= 0.3 is 0 Å².